The van der Waals surface area contributed by atoms with Crippen molar-refractivity contribution >= 4 is 45.7 Å². The molecule has 1 rings (SSSR count). The molecule has 0 aromatic rings. The molecule has 0 aliphatic carbocycles. The Labute approximate surface area is 149 Å². The van der Waals surface area contributed by atoms with Gasteiger partial charge in [-0.15, -0.1) is 24.0 Å². The molecule has 2 unspecified atom stereocenters. The first-order valence-corrected chi connectivity index (χ1v) is 8.90. The van der Waals surface area contributed by atoms with Crippen molar-refractivity contribution in [3.8, 4) is 0 Å². The van der Waals surface area contributed by atoms with Crippen molar-refractivity contribution in [3.05, 3.63) is 0 Å². The lowest BCUT2D eigenvalue weighted by Crippen LogP contribution is -2.42. The van der Waals surface area contributed by atoms with Gasteiger partial charge in [0.1, 0.15) is 0 Å². The number of hydrogen-bond donors (Lipinski definition) is 1. The van der Waals surface area contributed by atoms with Crippen LogP contribution in [0.4, 0.5) is 0 Å². The fourth-order valence-corrected chi connectivity index (χ4v) is 3.09. The largest absolute Gasteiger partial charge is 0.469 e. The smallest absolute Gasteiger partial charge is 0.310 e. The molecule has 1 saturated heterocycles. The minimum atomic E-state index is -3.00. The lowest BCUT2D eigenvalue weighted by atomic mass is 9.99. The molecule has 0 aromatic carbocycles. The molecule has 1 aliphatic heterocycles. The molecule has 0 amide bonds. The van der Waals surface area contributed by atoms with Crippen LogP contribution in [0, 0.1) is 11.8 Å². The normalized spacial score (nSPS) is 22.2. The predicted octanol–water partition coefficient (Wildman–Crippen LogP) is 0.355. The van der Waals surface area contributed by atoms with Crippen LogP contribution in [0.15, 0.2) is 4.99 Å². The molecule has 9 heteroatoms. The number of hydrogen-bond acceptors (Lipinski definition) is 5. The summed E-state index contributed by atoms with van der Waals surface area (Å²) in [5.41, 5.74) is 0. The number of rotatable bonds is 5. The number of nitrogens with zero attached hydrogens (tertiary/aromatic N) is 2. The van der Waals surface area contributed by atoms with Gasteiger partial charge in [-0.1, -0.05) is 13.8 Å². The average molecular weight is 447 g/mol. The van der Waals surface area contributed by atoms with E-state index in [2.05, 4.69) is 10.3 Å². The Morgan fingerprint density at radius 2 is 2.05 bits per heavy atom. The van der Waals surface area contributed by atoms with Crippen LogP contribution in [0.1, 0.15) is 13.8 Å². The number of aliphatic imine (C=N–C) groups is 1. The van der Waals surface area contributed by atoms with Gasteiger partial charge < -0.3 is 15.0 Å². The van der Waals surface area contributed by atoms with Crippen molar-refractivity contribution in [2.45, 2.75) is 13.8 Å². The molecule has 2 atom stereocenters. The molecule has 0 saturated carbocycles. The van der Waals surface area contributed by atoms with Gasteiger partial charge in [0.05, 0.1) is 18.8 Å². The molecule has 1 aliphatic rings. The SMILES string of the molecule is CCS(=O)(=O)CCNC(=NC)N1CC(C)C(C(=O)OC)C1.I. The summed E-state index contributed by atoms with van der Waals surface area (Å²) in [5.74, 6) is 0.627. The van der Waals surface area contributed by atoms with Crippen molar-refractivity contribution < 1.29 is 17.9 Å². The molecule has 1 N–H and O–H groups in total. The minimum Gasteiger partial charge on any atom is -0.469 e. The predicted molar refractivity (Wildman–Crippen MR) is 97.3 cm³/mol. The maximum absolute atomic E-state index is 11.7. The molecule has 0 bridgehead atoms. The Hall–Kier alpha value is -0.580. The summed E-state index contributed by atoms with van der Waals surface area (Å²) < 4.78 is 27.7. The molecule has 1 fully saturated rings. The summed E-state index contributed by atoms with van der Waals surface area (Å²) in [7, 11) is 0.0389. The first kappa shape index (κ1) is 21.4. The van der Waals surface area contributed by atoms with E-state index < -0.39 is 9.84 Å². The number of carbonyl (C=O) groups is 1. The van der Waals surface area contributed by atoms with Crippen LogP contribution >= 0.6 is 24.0 Å². The summed E-state index contributed by atoms with van der Waals surface area (Å²) in [4.78, 5) is 17.8. The second-order valence-corrected chi connectivity index (χ2v) is 7.70. The average Bonchev–Trinajstić information content (AvgIpc) is 2.84. The Morgan fingerprint density at radius 1 is 1.41 bits per heavy atom. The fourth-order valence-electron chi connectivity index (χ4n) is 2.39. The highest BCUT2D eigenvalue weighted by Gasteiger charge is 2.36. The zero-order valence-corrected chi connectivity index (χ0v) is 16.7. The fraction of sp³-hybridized carbons (Fsp3) is 0.846. The summed E-state index contributed by atoms with van der Waals surface area (Å²) >= 11 is 0. The number of nitrogens with one attached hydrogen (secondary N) is 1. The van der Waals surface area contributed by atoms with Crippen LogP contribution in [0.25, 0.3) is 0 Å². The van der Waals surface area contributed by atoms with Gasteiger partial charge >= 0.3 is 5.97 Å². The zero-order valence-electron chi connectivity index (χ0n) is 13.5. The van der Waals surface area contributed by atoms with Gasteiger partial charge in [0.25, 0.3) is 0 Å². The van der Waals surface area contributed by atoms with Crippen molar-refractivity contribution in [3.63, 3.8) is 0 Å². The molecule has 7 nitrogen and oxygen atoms in total. The molecule has 0 radical (unpaired) electrons. The van der Waals surface area contributed by atoms with Crippen LogP contribution in [0.2, 0.25) is 0 Å². The first-order chi connectivity index (χ1) is 9.84. The molecular formula is C13H26IN3O4S. The Morgan fingerprint density at radius 3 is 2.55 bits per heavy atom. The molecule has 130 valence electrons. The third-order valence-corrected chi connectivity index (χ3v) is 5.47. The Bertz CT molecular complexity index is 496. The monoisotopic (exact) mass is 447 g/mol. The lowest BCUT2D eigenvalue weighted by molar-refractivity contribution is -0.145. The van der Waals surface area contributed by atoms with Gasteiger partial charge in [0.2, 0.25) is 0 Å². The van der Waals surface area contributed by atoms with E-state index in [0.717, 1.165) is 0 Å². The van der Waals surface area contributed by atoms with E-state index in [1.54, 1.807) is 14.0 Å². The maximum atomic E-state index is 11.7. The van der Waals surface area contributed by atoms with E-state index >= 15 is 0 Å². The highest BCUT2D eigenvalue weighted by atomic mass is 127. The van der Waals surface area contributed by atoms with Gasteiger partial charge in [-0.2, -0.15) is 0 Å². The van der Waals surface area contributed by atoms with Crippen molar-refractivity contribution in [2.24, 2.45) is 16.8 Å². The number of halogens is 1. The van der Waals surface area contributed by atoms with Crippen LogP contribution in [0.3, 0.4) is 0 Å². The third kappa shape index (κ3) is 5.90. The summed E-state index contributed by atoms with van der Waals surface area (Å²) in [5, 5.41) is 3.04. The van der Waals surface area contributed by atoms with Gasteiger partial charge in [0.15, 0.2) is 15.8 Å². The van der Waals surface area contributed by atoms with Gasteiger partial charge in [-0.05, 0) is 5.92 Å². The maximum Gasteiger partial charge on any atom is 0.310 e. The molecular weight excluding hydrogens is 421 g/mol. The van der Waals surface area contributed by atoms with Crippen molar-refractivity contribution in [1.29, 1.82) is 0 Å². The number of guanidine groups is 1. The summed E-state index contributed by atoms with van der Waals surface area (Å²) in [6.07, 6.45) is 0. The quantitative estimate of drug-likeness (QED) is 0.283. The van der Waals surface area contributed by atoms with Crippen LogP contribution in [-0.4, -0.2) is 70.5 Å². The summed E-state index contributed by atoms with van der Waals surface area (Å²) in [6.45, 7) is 5.17. The number of methoxy groups -OCH3 is 1. The number of likely N-dealkylation sites (tertiary alicyclic amines) is 1. The molecule has 0 aromatic heterocycles. The highest BCUT2D eigenvalue weighted by molar-refractivity contribution is 14.0. The number of ether oxygens (including phenoxy) is 1. The Kier molecular flexibility index (Phi) is 9.28. The molecule has 1 heterocycles. The lowest BCUT2D eigenvalue weighted by Gasteiger charge is -2.21. The first-order valence-electron chi connectivity index (χ1n) is 7.08. The number of carbonyl (C=O) groups excluding carboxylic acids is 1. The minimum absolute atomic E-state index is 0. The van der Waals surface area contributed by atoms with E-state index in [4.69, 9.17) is 4.74 Å². The van der Waals surface area contributed by atoms with E-state index in [1.165, 1.54) is 7.11 Å². The Balaban J connectivity index is 0.00000441. The zero-order chi connectivity index (χ0) is 16.0. The highest BCUT2D eigenvalue weighted by Crippen LogP contribution is 2.23. The number of sulfone groups is 1. The van der Waals surface area contributed by atoms with E-state index in [9.17, 15) is 13.2 Å². The second-order valence-electron chi connectivity index (χ2n) is 5.22. The topological polar surface area (TPSA) is 88.1 Å². The van der Waals surface area contributed by atoms with Crippen LogP contribution in [0.5, 0.6) is 0 Å². The third-order valence-electron chi connectivity index (χ3n) is 3.76. The van der Waals surface area contributed by atoms with Crippen molar-refractivity contribution in [1.82, 2.24) is 10.2 Å². The van der Waals surface area contributed by atoms with E-state index in [-0.39, 0.29) is 53.3 Å². The van der Waals surface area contributed by atoms with Gasteiger partial charge in [-0.25, -0.2) is 8.42 Å². The number of esters is 1. The van der Waals surface area contributed by atoms with Gasteiger partial charge in [-0.3, -0.25) is 9.79 Å². The molecule has 22 heavy (non-hydrogen) atoms. The second kappa shape index (κ2) is 9.53. The standard InChI is InChI=1S/C13H25N3O4S.HI/c1-5-21(18,19)7-6-15-13(14-3)16-8-10(2)11(9-16)12(17)20-4;/h10-11H,5-9H2,1-4H3,(H,14,15);1H. The molecule has 0 spiro atoms. The van der Waals surface area contributed by atoms with E-state index in [1.807, 2.05) is 11.8 Å². The summed E-state index contributed by atoms with van der Waals surface area (Å²) in [6, 6.07) is 0. The van der Waals surface area contributed by atoms with Crippen LogP contribution in [-0.2, 0) is 19.4 Å². The van der Waals surface area contributed by atoms with Crippen molar-refractivity contribution in [2.75, 3.05) is 45.3 Å². The van der Waals surface area contributed by atoms with Crippen LogP contribution < -0.4 is 5.32 Å². The van der Waals surface area contributed by atoms with E-state index in [0.29, 0.717) is 25.6 Å². The van der Waals surface area contributed by atoms with Gasteiger partial charge in [0, 0.05) is 32.4 Å².